The lowest BCUT2D eigenvalue weighted by atomic mass is 10.0. The lowest BCUT2D eigenvalue weighted by Gasteiger charge is -2.39. The molecule has 0 saturated carbocycles. The van der Waals surface area contributed by atoms with Crippen molar-refractivity contribution in [2.45, 2.75) is 18.9 Å². The number of amides is 1. The van der Waals surface area contributed by atoms with E-state index in [1.165, 1.54) is 5.69 Å². The first-order valence-corrected chi connectivity index (χ1v) is 12.5. The van der Waals surface area contributed by atoms with Crippen LogP contribution in [0.4, 0.5) is 11.4 Å². The number of carbonyl (C=O) groups is 1. The van der Waals surface area contributed by atoms with Crippen molar-refractivity contribution in [2.24, 2.45) is 0 Å². The predicted octanol–water partition coefficient (Wildman–Crippen LogP) is 2.23. The van der Waals surface area contributed by atoms with Crippen molar-refractivity contribution in [3.63, 3.8) is 0 Å². The first-order valence-electron chi connectivity index (χ1n) is 12.5. The summed E-state index contributed by atoms with van der Waals surface area (Å²) in [5.74, 6) is 0.0254. The molecule has 0 aliphatic carbocycles. The molecule has 0 aromatic heterocycles. The average Bonchev–Trinajstić information content (AvgIpc) is 3.27. The Morgan fingerprint density at radius 2 is 1.65 bits per heavy atom. The topological polar surface area (TPSA) is 59.5 Å². The molecule has 7 nitrogen and oxygen atoms in total. The van der Waals surface area contributed by atoms with Crippen LogP contribution in [0, 0.1) is 6.92 Å². The molecule has 1 amide bonds. The molecule has 0 unspecified atom stereocenters. The number of hydrogen-bond donors (Lipinski definition) is 1. The molecule has 1 N–H and O–H groups in total. The van der Waals surface area contributed by atoms with Crippen LogP contribution in [0.1, 0.15) is 22.3 Å². The van der Waals surface area contributed by atoms with Crippen molar-refractivity contribution in [1.82, 2.24) is 9.80 Å². The lowest BCUT2D eigenvalue weighted by Crippen LogP contribution is -2.53. The highest BCUT2D eigenvalue weighted by Crippen LogP contribution is 2.29. The van der Waals surface area contributed by atoms with Crippen LogP contribution in [0.2, 0.25) is 0 Å². The molecule has 34 heavy (non-hydrogen) atoms. The highest BCUT2D eigenvalue weighted by molar-refractivity contribution is 5.97. The van der Waals surface area contributed by atoms with Crippen LogP contribution in [0.3, 0.4) is 0 Å². The van der Waals surface area contributed by atoms with Gasteiger partial charge in [-0.2, -0.15) is 0 Å². The first kappa shape index (κ1) is 23.1. The van der Waals surface area contributed by atoms with Crippen LogP contribution in [0.15, 0.2) is 48.5 Å². The Kier molecular flexibility index (Phi) is 6.77. The second kappa shape index (κ2) is 9.94. The van der Waals surface area contributed by atoms with Crippen LogP contribution in [-0.4, -0.2) is 98.5 Å². The van der Waals surface area contributed by atoms with Crippen molar-refractivity contribution >= 4 is 17.3 Å². The van der Waals surface area contributed by atoms with Crippen LogP contribution in [0.5, 0.6) is 0 Å². The van der Waals surface area contributed by atoms with Crippen molar-refractivity contribution in [3.05, 3.63) is 59.7 Å². The highest BCUT2D eigenvalue weighted by atomic mass is 16.5. The normalized spacial score (nSPS) is 24.0. The van der Waals surface area contributed by atoms with Gasteiger partial charge in [-0.05, 0) is 43.2 Å². The number of morpholine rings is 1. The summed E-state index contributed by atoms with van der Waals surface area (Å²) in [6, 6.07) is 16.5. The third-order valence-corrected chi connectivity index (χ3v) is 7.52. The molecule has 2 aromatic rings. The Morgan fingerprint density at radius 1 is 0.912 bits per heavy atom. The van der Waals surface area contributed by atoms with Gasteiger partial charge in [0.1, 0.15) is 0 Å². The number of aliphatic hydroxyl groups is 1. The number of benzene rings is 2. The van der Waals surface area contributed by atoms with E-state index in [1.54, 1.807) is 0 Å². The van der Waals surface area contributed by atoms with Gasteiger partial charge in [0.15, 0.2) is 0 Å². The molecule has 0 radical (unpaired) electrons. The van der Waals surface area contributed by atoms with E-state index < -0.39 is 5.60 Å². The number of piperazine rings is 1. The fourth-order valence-electron chi connectivity index (χ4n) is 5.55. The first-order chi connectivity index (χ1) is 16.5. The molecule has 182 valence electrons. The molecule has 2 aromatic carbocycles. The van der Waals surface area contributed by atoms with Gasteiger partial charge in [-0.3, -0.25) is 9.69 Å². The zero-order valence-electron chi connectivity index (χ0n) is 20.2. The largest absolute Gasteiger partial charge is 0.387 e. The van der Waals surface area contributed by atoms with Gasteiger partial charge in [0, 0.05) is 69.3 Å². The third kappa shape index (κ3) is 4.92. The summed E-state index contributed by atoms with van der Waals surface area (Å²) in [5.41, 5.74) is 3.28. The second-order valence-corrected chi connectivity index (χ2v) is 9.85. The minimum atomic E-state index is -0.847. The number of ether oxygens (including phenoxy) is 1. The van der Waals surface area contributed by atoms with Gasteiger partial charge in [0.05, 0.1) is 25.4 Å². The maximum atomic E-state index is 13.4. The summed E-state index contributed by atoms with van der Waals surface area (Å²) in [6.07, 6.45) is 0.625. The Morgan fingerprint density at radius 3 is 2.38 bits per heavy atom. The van der Waals surface area contributed by atoms with E-state index in [9.17, 15) is 9.90 Å². The Labute approximate surface area is 202 Å². The summed E-state index contributed by atoms with van der Waals surface area (Å²) in [4.78, 5) is 22.3. The maximum absolute atomic E-state index is 13.4. The maximum Gasteiger partial charge on any atom is 0.254 e. The SMILES string of the molecule is Cc1c(C(=O)N2CC[C@](O)(CN3CCN(c4ccccc4)CC3)C2)cccc1N1CCOCC1. The molecular weight excluding hydrogens is 428 g/mol. The van der Waals surface area contributed by atoms with Crippen LogP contribution < -0.4 is 9.80 Å². The van der Waals surface area contributed by atoms with E-state index in [-0.39, 0.29) is 5.91 Å². The van der Waals surface area contributed by atoms with Gasteiger partial charge in [-0.1, -0.05) is 24.3 Å². The molecule has 7 heteroatoms. The molecule has 3 saturated heterocycles. The van der Waals surface area contributed by atoms with E-state index in [1.807, 2.05) is 30.0 Å². The number of nitrogens with zero attached hydrogens (tertiary/aromatic N) is 4. The molecule has 3 aliphatic heterocycles. The molecular formula is C27H36N4O3. The standard InChI is InChI=1S/C27H36N4O3/c1-22-24(8-5-9-25(22)30-16-18-34-19-17-30)26(32)31-11-10-27(33,21-31)20-28-12-14-29(15-13-28)23-6-3-2-4-7-23/h2-9,33H,10-21H2,1H3/t27-/m0/s1. The van der Waals surface area contributed by atoms with Gasteiger partial charge in [-0.15, -0.1) is 0 Å². The van der Waals surface area contributed by atoms with Gasteiger partial charge >= 0.3 is 0 Å². The summed E-state index contributed by atoms with van der Waals surface area (Å²) in [7, 11) is 0. The van der Waals surface area contributed by atoms with Crippen molar-refractivity contribution in [1.29, 1.82) is 0 Å². The van der Waals surface area contributed by atoms with E-state index in [4.69, 9.17) is 4.74 Å². The van der Waals surface area contributed by atoms with Gasteiger partial charge in [0.25, 0.3) is 5.91 Å². The summed E-state index contributed by atoms with van der Waals surface area (Å²) >= 11 is 0. The smallest absolute Gasteiger partial charge is 0.254 e. The van der Waals surface area contributed by atoms with E-state index in [2.05, 4.69) is 45.0 Å². The predicted molar refractivity (Wildman–Crippen MR) is 135 cm³/mol. The number of β-amino-alcohol motifs (C(OH)–C–C–N with tert-alkyl or cyclic N) is 1. The number of likely N-dealkylation sites (tertiary alicyclic amines) is 1. The molecule has 0 bridgehead atoms. The fraction of sp³-hybridized carbons (Fsp3) is 0.519. The Bertz CT molecular complexity index is 987. The van der Waals surface area contributed by atoms with Gasteiger partial charge in [-0.25, -0.2) is 0 Å². The number of carbonyl (C=O) groups excluding carboxylic acids is 1. The van der Waals surface area contributed by atoms with Gasteiger partial charge < -0.3 is 24.5 Å². The summed E-state index contributed by atoms with van der Waals surface area (Å²) < 4.78 is 5.48. The van der Waals surface area contributed by atoms with Crippen molar-refractivity contribution in [3.8, 4) is 0 Å². The van der Waals surface area contributed by atoms with E-state index in [0.29, 0.717) is 26.1 Å². The zero-order chi connectivity index (χ0) is 23.5. The van der Waals surface area contributed by atoms with E-state index >= 15 is 0 Å². The average molecular weight is 465 g/mol. The molecule has 1 atom stereocenters. The van der Waals surface area contributed by atoms with Crippen LogP contribution in [0.25, 0.3) is 0 Å². The van der Waals surface area contributed by atoms with E-state index in [0.717, 1.165) is 69.3 Å². The number of hydrogen-bond acceptors (Lipinski definition) is 6. The summed E-state index contributed by atoms with van der Waals surface area (Å²) in [5, 5.41) is 11.3. The Balaban J connectivity index is 1.19. The second-order valence-electron chi connectivity index (χ2n) is 9.85. The van der Waals surface area contributed by atoms with Crippen LogP contribution in [-0.2, 0) is 4.74 Å². The zero-order valence-corrected chi connectivity index (χ0v) is 20.2. The minimum absolute atomic E-state index is 0.0254. The molecule has 0 spiro atoms. The number of anilines is 2. The van der Waals surface area contributed by atoms with Crippen molar-refractivity contribution in [2.75, 3.05) is 81.9 Å². The fourth-order valence-corrected chi connectivity index (χ4v) is 5.55. The highest BCUT2D eigenvalue weighted by Gasteiger charge is 2.40. The quantitative estimate of drug-likeness (QED) is 0.733. The number of para-hydroxylation sites is 1. The monoisotopic (exact) mass is 464 g/mol. The molecule has 3 fully saturated rings. The third-order valence-electron chi connectivity index (χ3n) is 7.52. The molecule has 3 aliphatic rings. The molecule has 3 heterocycles. The van der Waals surface area contributed by atoms with Crippen molar-refractivity contribution < 1.29 is 14.6 Å². The Hall–Kier alpha value is -2.61. The minimum Gasteiger partial charge on any atom is -0.387 e. The van der Waals surface area contributed by atoms with Gasteiger partial charge in [0.2, 0.25) is 0 Å². The summed E-state index contributed by atoms with van der Waals surface area (Å²) in [6.45, 7) is 10.5. The molecule has 5 rings (SSSR count). The lowest BCUT2D eigenvalue weighted by molar-refractivity contribution is 0.0103. The number of rotatable bonds is 5. The van der Waals surface area contributed by atoms with Crippen LogP contribution >= 0.6 is 0 Å².